The summed E-state index contributed by atoms with van der Waals surface area (Å²) >= 11 is 0. The van der Waals surface area contributed by atoms with E-state index >= 15 is 0 Å². The van der Waals surface area contributed by atoms with Crippen molar-refractivity contribution in [2.24, 2.45) is 4.99 Å². The first kappa shape index (κ1) is 22.0. The summed E-state index contributed by atoms with van der Waals surface area (Å²) in [6.07, 6.45) is 11.6. The first-order chi connectivity index (χ1) is 14.7. The maximum absolute atomic E-state index is 4.54. The summed E-state index contributed by atoms with van der Waals surface area (Å²) in [5, 5.41) is 0. The van der Waals surface area contributed by atoms with Crippen LogP contribution in [0, 0.1) is 0 Å². The Morgan fingerprint density at radius 3 is 2.47 bits per heavy atom. The molecule has 0 radical (unpaired) electrons. The van der Waals surface area contributed by atoms with E-state index in [1.165, 1.54) is 47.1 Å². The molecule has 0 spiro atoms. The molecule has 0 aromatic heterocycles. The highest BCUT2D eigenvalue weighted by Crippen LogP contribution is 2.47. The van der Waals surface area contributed by atoms with E-state index in [2.05, 4.69) is 80.0 Å². The van der Waals surface area contributed by atoms with Crippen LogP contribution in [0.3, 0.4) is 0 Å². The maximum Gasteiger partial charge on any atom is 0.0409 e. The summed E-state index contributed by atoms with van der Waals surface area (Å²) in [6.45, 7) is 12.2. The maximum atomic E-state index is 4.54. The highest BCUT2D eigenvalue weighted by atomic mass is 14.7. The molecule has 0 heterocycles. The highest BCUT2D eigenvalue weighted by molar-refractivity contribution is 5.97. The van der Waals surface area contributed by atoms with Crippen molar-refractivity contribution in [3.8, 4) is 0 Å². The minimum atomic E-state index is 0.412. The molecule has 0 fully saturated rings. The smallest absolute Gasteiger partial charge is 0.0409 e. The van der Waals surface area contributed by atoms with Gasteiger partial charge in [-0.05, 0) is 79.0 Å². The van der Waals surface area contributed by atoms with Crippen LogP contribution in [0.4, 0.5) is 0 Å². The van der Waals surface area contributed by atoms with Crippen LogP contribution in [0.5, 0.6) is 0 Å². The predicted octanol–water partition coefficient (Wildman–Crippen LogP) is 7.87. The van der Waals surface area contributed by atoms with Gasteiger partial charge in [-0.25, -0.2) is 0 Å². The van der Waals surface area contributed by atoms with E-state index in [-0.39, 0.29) is 0 Å². The fourth-order valence-corrected chi connectivity index (χ4v) is 4.83. The van der Waals surface area contributed by atoms with Crippen molar-refractivity contribution >= 4 is 11.3 Å². The normalized spacial score (nSPS) is 17.6. The lowest BCUT2D eigenvalue weighted by atomic mass is 9.89. The standard InChI is InChI=1S/C27H29N.C2H6/c1-4-10-23(28-5-2)18-25-19(3)24(15-20-11-7-6-8-12-20)26-16-21-13-9-14-22(21)17-27(25)26;1-2/h4-8,10-12,16-17,25H,2,9,13-15,18H2,1,3H3;1-2H3/b10-4-,28-23?;. The van der Waals surface area contributed by atoms with E-state index in [0.29, 0.717) is 5.92 Å². The number of aliphatic imine (C=N–C) groups is 1. The number of benzene rings is 2. The molecule has 0 N–H and O–H groups in total. The highest BCUT2D eigenvalue weighted by Gasteiger charge is 2.31. The Hall–Kier alpha value is -2.67. The van der Waals surface area contributed by atoms with Crippen LogP contribution in [0.1, 0.15) is 74.3 Å². The molecule has 1 unspecified atom stereocenters. The van der Waals surface area contributed by atoms with Gasteiger partial charge in [-0.15, -0.1) is 0 Å². The van der Waals surface area contributed by atoms with Crippen molar-refractivity contribution in [2.75, 3.05) is 0 Å². The topological polar surface area (TPSA) is 12.4 Å². The van der Waals surface area contributed by atoms with Crippen molar-refractivity contribution in [3.63, 3.8) is 0 Å². The third-order valence-corrected chi connectivity index (χ3v) is 6.22. The van der Waals surface area contributed by atoms with Crippen LogP contribution in [0.15, 0.2) is 78.0 Å². The van der Waals surface area contributed by atoms with Gasteiger partial charge in [0.05, 0.1) is 0 Å². The van der Waals surface area contributed by atoms with Crippen molar-refractivity contribution < 1.29 is 0 Å². The molecule has 30 heavy (non-hydrogen) atoms. The van der Waals surface area contributed by atoms with Crippen LogP contribution in [0.25, 0.3) is 5.57 Å². The lowest BCUT2D eigenvalue weighted by molar-refractivity contribution is 0.850. The third kappa shape index (κ3) is 4.56. The molecule has 156 valence electrons. The van der Waals surface area contributed by atoms with E-state index < -0.39 is 0 Å². The van der Waals surface area contributed by atoms with E-state index in [9.17, 15) is 0 Å². The Morgan fingerprint density at radius 1 is 1.10 bits per heavy atom. The average molecular weight is 398 g/mol. The molecule has 2 aliphatic rings. The van der Waals surface area contributed by atoms with Gasteiger partial charge in [-0.3, -0.25) is 4.99 Å². The second-order valence-corrected chi connectivity index (χ2v) is 7.95. The molecule has 2 aromatic carbocycles. The van der Waals surface area contributed by atoms with Gasteiger partial charge in [-0.1, -0.05) is 74.5 Å². The minimum absolute atomic E-state index is 0.412. The largest absolute Gasteiger partial charge is 0.262 e. The first-order valence-electron chi connectivity index (χ1n) is 11.4. The fourth-order valence-electron chi connectivity index (χ4n) is 4.83. The molecule has 2 aromatic rings. The van der Waals surface area contributed by atoms with E-state index in [1.807, 2.05) is 13.8 Å². The second-order valence-electron chi connectivity index (χ2n) is 7.95. The molecule has 0 bridgehead atoms. The Balaban J connectivity index is 0.00000124. The zero-order valence-electron chi connectivity index (χ0n) is 19.0. The van der Waals surface area contributed by atoms with Crippen molar-refractivity contribution in [2.45, 2.75) is 65.7 Å². The van der Waals surface area contributed by atoms with Gasteiger partial charge >= 0.3 is 0 Å². The van der Waals surface area contributed by atoms with Gasteiger partial charge in [0.2, 0.25) is 0 Å². The van der Waals surface area contributed by atoms with Crippen LogP contribution in [0.2, 0.25) is 0 Å². The summed E-state index contributed by atoms with van der Waals surface area (Å²) in [5.41, 5.74) is 11.6. The Morgan fingerprint density at radius 2 is 1.80 bits per heavy atom. The Bertz CT molecular complexity index is 973. The molecule has 4 rings (SSSR count). The van der Waals surface area contributed by atoms with E-state index in [1.54, 1.807) is 17.3 Å². The number of hydrogen-bond acceptors (Lipinski definition) is 1. The molecule has 0 saturated carbocycles. The van der Waals surface area contributed by atoms with Crippen molar-refractivity contribution in [3.05, 3.63) is 101 Å². The van der Waals surface area contributed by atoms with Crippen molar-refractivity contribution in [1.82, 2.24) is 0 Å². The van der Waals surface area contributed by atoms with Gasteiger partial charge in [-0.2, -0.15) is 0 Å². The predicted molar refractivity (Wildman–Crippen MR) is 132 cm³/mol. The molecular formula is C29H35N. The van der Waals surface area contributed by atoms with Crippen LogP contribution < -0.4 is 0 Å². The molecule has 0 aliphatic heterocycles. The molecule has 0 amide bonds. The molecule has 1 atom stereocenters. The number of allylic oxidation sites excluding steroid dienone is 4. The van der Waals surface area contributed by atoms with E-state index in [0.717, 1.165) is 18.6 Å². The number of nitrogens with zero attached hydrogens (tertiary/aromatic N) is 1. The van der Waals surface area contributed by atoms with Gasteiger partial charge in [0.1, 0.15) is 0 Å². The quantitative estimate of drug-likeness (QED) is 0.440. The summed E-state index contributed by atoms with van der Waals surface area (Å²) < 4.78 is 0. The Labute approximate surface area is 183 Å². The summed E-state index contributed by atoms with van der Waals surface area (Å²) in [5.74, 6) is 0.412. The van der Waals surface area contributed by atoms with Crippen molar-refractivity contribution in [1.29, 1.82) is 0 Å². The average Bonchev–Trinajstić information content (AvgIpc) is 3.33. The zero-order chi connectivity index (χ0) is 21.5. The summed E-state index contributed by atoms with van der Waals surface area (Å²) in [7, 11) is 0. The minimum Gasteiger partial charge on any atom is -0.262 e. The molecule has 2 aliphatic carbocycles. The molecule has 1 nitrogen and oxygen atoms in total. The summed E-state index contributed by atoms with van der Waals surface area (Å²) in [6, 6.07) is 15.9. The lowest BCUT2D eigenvalue weighted by Gasteiger charge is -2.15. The zero-order valence-corrected chi connectivity index (χ0v) is 19.0. The first-order valence-corrected chi connectivity index (χ1v) is 11.4. The number of fused-ring (bicyclic) bond motifs is 2. The van der Waals surface area contributed by atoms with Gasteiger partial charge in [0.25, 0.3) is 0 Å². The SMILES string of the molecule is C=CN=C(/C=C\C)CC1C(C)=C(Cc2ccccc2)c2cc3c(cc21)CCC3.CC. The summed E-state index contributed by atoms with van der Waals surface area (Å²) in [4.78, 5) is 4.54. The van der Waals surface area contributed by atoms with Crippen LogP contribution >= 0.6 is 0 Å². The van der Waals surface area contributed by atoms with Crippen LogP contribution in [-0.4, -0.2) is 5.71 Å². The lowest BCUT2D eigenvalue weighted by Crippen LogP contribution is -2.05. The number of hydrogen-bond donors (Lipinski definition) is 0. The van der Waals surface area contributed by atoms with Crippen LogP contribution in [-0.2, 0) is 19.3 Å². The third-order valence-electron chi connectivity index (χ3n) is 6.22. The van der Waals surface area contributed by atoms with Gasteiger partial charge in [0, 0.05) is 24.3 Å². The molecule has 0 saturated heterocycles. The second kappa shape index (κ2) is 10.4. The van der Waals surface area contributed by atoms with Gasteiger partial charge in [0.15, 0.2) is 0 Å². The number of aryl methyl sites for hydroxylation is 2. The molecular weight excluding hydrogens is 362 g/mol. The monoisotopic (exact) mass is 397 g/mol. The number of rotatable bonds is 6. The van der Waals surface area contributed by atoms with Gasteiger partial charge < -0.3 is 0 Å². The molecule has 1 heteroatoms. The fraction of sp³-hybridized carbons (Fsp3) is 0.345. The van der Waals surface area contributed by atoms with E-state index in [4.69, 9.17) is 0 Å². The Kier molecular flexibility index (Phi) is 7.63.